The number of hydrogen-bond acceptors (Lipinski definition) is 3. The van der Waals surface area contributed by atoms with E-state index in [1.807, 2.05) is 39.8 Å². The average molecular weight is 413 g/mol. The summed E-state index contributed by atoms with van der Waals surface area (Å²) in [5.41, 5.74) is 1.76. The highest BCUT2D eigenvalue weighted by Crippen LogP contribution is 2.30. The quantitative estimate of drug-likeness (QED) is 0.709. The summed E-state index contributed by atoms with van der Waals surface area (Å²) in [4.78, 5) is 41.8. The van der Waals surface area contributed by atoms with Gasteiger partial charge in [-0.25, -0.2) is 4.90 Å². The second kappa shape index (κ2) is 7.99. The number of amides is 3. The third-order valence-electron chi connectivity index (χ3n) is 4.99. The molecule has 5 nitrogen and oxygen atoms in total. The number of aryl methyl sites for hydroxylation is 1. The molecular weight excluding hydrogens is 388 g/mol. The Bertz CT molecular complexity index is 930. The lowest BCUT2D eigenvalue weighted by Gasteiger charge is -2.39. The van der Waals surface area contributed by atoms with Crippen molar-refractivity contribution in [3.8, 4) is 0 Å². The highest BCUT2D eigenvalue weighted by Gasteiger charge is 2.47. The Balaban J connectivity index is 1.88. The molecule has 1 fully saturated rings. The minimum absolute atomic E-state index is 0.0175. The first-order chi connectivity index (χ1) is 13.6. The van der Waals surface area contributed by atoms with Crippen LogP contribution in [0.25, 0.3) is 0 Å². The van der Waals surface area contributed by atoms with Gasteiger partial charge in [0, 0.05) is 10.6 Å². The van der Waals surface area contributed by atoms with Gasteiger partial charge in [-0.1, -0.05) is 41.4 Å². The average Bonchev–Trinajstić information content (AvgIpc) is 2.91. The van der Waals surface area contributed by atoms with E-state index in [1.54, 1.807) is 41.3 Å². The van der Waals surface area contributed by atoms with Crippen LogP contribution in [-0.4, -0.2) is 34.2 Å². The molecule has 1 aliphatic heterocycles. The number of hydrogen-bond donors (Lipinski definition) is 0. The monoisotopic (exact) mass is 412 g/mol. The van der Waals surface area contributed by atoms with Gasteiger partial charge in [0.05, 0.1) is 18.5 Å². The molecule has 1 aliphatic rings. The highest BCUT2D eigenvalue weighted by molar-refractivity contribution is 6.30. The molecule has 0 aliphatic carbocycles. The second-order valence-corrected chi connectivity index (χ2v) is 8.80. The van der Waals surface area contributed by atoms with Crippen LogP contribution in [0.3, 0.4) is 0 Å². The molecule has 0 radical (unpaired) electrons. The van der Waals surface area contributed by atoms with Gasteiger partial charge in [0.15, 0.2) is 0 Å². The zero-order valence-electron chi connectivity index (χ0n) is 17.1. The Morgan fingerprint density at radius 2 is 1.66 bits per heavy atom. The molecule has 1 heterocycles. The van der Waals surface area contributed by atoms with Crippen molar-refractivity contribution >= 4 is 35.0 Å². The minimum atomic E-state index is -0.816. The zero-order valence-corrected chi connectivity index (χ0v) is 17.9. The number of carbonyl (C=O) groups is 3. The summed E-state index contributed by atoms with van der Waals surface area (Å²) in [7, 11) is 0. The lowest BCUT2D eigenvalue weighted by Crippen LogP contribution is -2.55. The Hall–Kier alpha value is -2.66. The van der Waals surface area contributed by atoms with E-state index in [1.165, 1.54) is 4.90 Å². The molecule has 152 valence electrons. The summed E-state index contributed by atoms with van der Waals surface area (Å²) in [5, 5.41) is 0.596. The van der Waals surface area contributed by atoms with E-state index in [0.717, 1.165) is 11.1 Å². The predicted octanol–water partition coefficient (Wildman–Crippen LogP) is 4.15. The van der Waals surface area contributed by atoms with Crippen LogP contribution in [0.5, 0.6) is 0 Å². The van der Waals surface area contributed by atoms with Crippen LogP contribution in [-0.2, 0) is 20.8 Å². The van der Waals surface area contributed by atoms with Gasteiger partial charge in [0.2, 0.25) is 11.8 Å². The summed E-state index contributed by atoms with van der Waals surface area (Å²) < 4.78 is 0. The number of rotatable bonds is 4. The van der Waals surface area contributed by atoms with Gasteiger partial charge in [0.25, 0.3) is 5.91 Å². The molecule has 2 aromatic carbocycles. The number of halogens is 1. The van der Waals surface area contributed by atoms with Gasteiger partial charge in [0.1, 0.15) is 6.04 Å². The molecule has 2 aromatic rings. The van der Waals surface area contributed by atoms with E-state index in [2.05, 4.69) is 0 Å². The topological polar surface area (TPSA) is 57.7 Å². The lowest BCUT2D eigenvalue weighted by molar-refractivity contribution is -0.143. The summed E-state index contributed by atoms with van der Waals surface area (Å²) in [6.45, 7) is 7.56. The fraction of sp³-hybridized carbons (Fsp3) is 0.348. The van der Waals surface area contributed by atoms with Crippen molar-refractivity contribution in [1.29, 1.82) is 0 Å². The van der Waals surface area contributed by atoms with Crippen LogP contribution in [0.15, 0.2) is 48.5 Å². The van der Waals surface area contributed by atoms with Crippen molar-refractivity contribution in [2.75, 3.05) is 4.90 Å². The SMILES string of the molecule is Cc1ccc(N2C(=O)CC(N(C(=O)Cc3ccc(Cl)cc3)C(C)(C)C)C2=O)cc1. The summed E-state index contributed by atoms with van der Waals surface area (Å²) in [6.07, 6.45) is 0.118. The maximum Gasteiger partial charge on any atom is 0.257 e. The Labute approximate surface area is 176 Å². The molecule has 1 unspecified atom stereocenters. The van der Waals surface area contributed by atoms with E-state index in [-0.39, 0.29) is 30.6 Å². The van der Waals surface area contributed by atoms with Gasteiger partial charge in [-0.05, 0) is 57.5 Å². The van der Waals surface area contributed by atoms with E-state index in [9.17, 15) is 14.4 Å². The molecule has 3 amide bonds. The summed E-state index contributed by atoms with van der Waals surface area (Å²) in [5.74, 6) is -0.854. The van der Waals surface area contributed by atoms with Crippen LogP contribution in [0.1, 0.15) is 38.3 Å². The van der Waals surface area contributed by atoms with E-state index in [0.29, 0.717) is 10.7 Å². The number of carbonyl (C=O) groups excluding carboxylic acids is 3. The molecule has 3 rings (SSSR count). The number of nitrogens with zero attached hydrogens (tertiary/aromatic N) is 2. The third-order valence-corrected chi connectivity index (χ3v) is 5.24. The van der Waals surface area contributed by atoms with Crippen LogP contribution >= 0.6 is 11.6 Å². The molecule has 0 aromatic heterocycles. The Morgan fingerprint density at radius 1 is 1.07 bits per heavy atom. The zero-order chi connectivity index (χ0) is 21.3. The van der Waals surface area contributed by atoms with Crippen molar-refractivity contribution in [3.05, 3.63) is 64.7 Å². The maximum atomic E-state index is 13.2. The third kappa shape index (κ3) is 4.51. The van der Waals surface area contributed by atoms with E-state index < -0.39 is 11.6 Å². The molecule has 29 heavy (non-hydrogen) atoms. The van der Waals surface area contributed by atoms with Gasteiger partial charge >= 0.3 is 0 Å². The lowest BCUT2D eigenvalue weighted by atomic mass is 9.99. The molecule has 1 atom stereocenters. The van der Waals surface area contributed by atoms with Gasteiger partial charge in [-0.2, -0.15) is 0 Å². The van der Waals surface area contributed by atoms with Crippen LogP contribution in [0, 0.1) is 6.92 Å². The smallest absolute Gasteiger partial charge is 0.257 e. The fourth-order valence-corrected chi connectivity index (χ4v) is 3.79. The van der Waals surface area contributed by atoms with Crippen LogP contribution in [0.4, 0.5) is 5.69 Å². The summed E-state index contributed by atoms with van der Waals surface area (Å²) >= 11 is 5.92. The molecule has 0 spiro atoms. The first-order valence-electron chi connectivity index (χ1n) is 9.58. The molecule has 1 saturated heterocycles. The highest BCUT2D eigenvalue weighted by atomic mass is 35.5. The largest absolute Gasteiger partial charge is 0.325 e. The predicted molar refractivity (Wildman–Crippen MR) is 114 cm³/mol. The van der Waals surface area contributed by atoms with Crippen molar-refractivity contribution < 1.29 is 14.4 Å². The van der Waals surface area contributed by atoms with E-state index in [4.69, 9.17) is 11.6 Å². The number of imide groups is 1. The molecular formula is C23H25ClN2O3. The van der Waals surface area contributed by atoms with Crippen molar-refractivity contribution in [1.82, 2.24) is 4.90 Å². The van der Waals surface area contributed by atoms with Crippen molar-refractivity contribution in [3.63, 3.8) is 0 Å². The first kappa shape index (κ1) is 21.1. The Morgan fingerprint density at radius 3 is 2.21 bits per heavy atom. The number of anilines is 1. The van der Waals surface area contributed by atoms with Gasteiger partial charge in [-0.3, -0.25) is 14.4 Å². The second-order valence-electron chi connectivity index (χ2n) is 8.36. The minimum Gasteiger partial charge on any atom is -0.325 e. The van der Waals surface area contributed by atoms with Crippen LogP contribution in [0.2, 0.25) is 5.02 Å². The Kier molecular flexibility index (Phi) is 5.80. The van der Waals surface area contributed by atoms with Crippen molar-refractivity contribution in [2.45, 2.75) is 52.1 Å². The number of benzene rings is 2. The fourth-order valence-electron chi connectivity index (χ4n) is 3.66. The maximum absolute atomic E-state index is 13.2. The van der Waals surface area contributed by atoms with Crippen molar-refractivity contribution in [2.24, 2.45) is 0 Å². The van der Waals surface area contributed by atoms with E-state index >= 15 is 0 Å². The molecule has 6 heteroatoms. The van der Waals surface area contributed by atoms with Crippen LogP contribution < -0.4 is 4.90 Å². The first-order valence-corrected chi connectivity index (χ1v) is 9.96. The van der Waals surface area contributed by atoms with Gasteiger partial charge in [-0.15, -0.1) is 0 Å². The normalized spacial score (nSPS) is 17.0. The molecule has 0 saturated carbocycles. The standard InChI is InChI=1S/C23H25ClN2O3/c1-15-5-11-18(12-6-15)25-20(27)14-19(22(25)29)26(23(2,3)4)21(28)13-16-7-9-17(24)10-8-16/h5-12,19H,13-14H2,1-4H3. The molecule has 0 N–H and O–H groups in total. The summed E-state index contributed by atoms with van der Waals surface area (Å²) in [6, 6.07) is 13.5. The molecule has 0 bridgehead atoms. The van der Waals surface area contributed by atoms with Gasteiger partial charge < -0.3 is 4.90 Å².